The number of benzene rings is 1. The fourth-order valence-electron chi connectivity index (χ4n) is 1.09. The van der Waals surface area contributed by atoms with Crippen molar-refractivity contribution in [2.75, 3.05) is 5.73 Å². The standard InChI is InChI=1S/C10H6Cl2FN3O/c11-6-2-1-5(3-7(6)12)17-9-8(13)4-15-10(14)16-9/h1-4H,(H2,14,15,16). The second-order valence-corrected chi connectivity index (χ2v) is 3.87. The van der Waals surface area contributed by atoms with Gasteiger partial charge in [-0.05, 0) is 12.1 Å². The first kappa shape index (κ1) is 11.9. The molecular formula is C10H6Cl2FN3O. The van der Waals surface area contributed by atoms with Crippen LogP contribution in [-0.2, 0) is 0 Å². The SMILES string of the molecule is Nc1ncc(F)c(Oc2ccc(Cl)c(Cl)c2)n1. The molecular weight excluding hydrogens is 268 g/mol. The van der Waals surface area contributed by atoms with Gasteiger partial charge >= 0.3 is 0 Å². The lowest BCUT2D eigenvalue weighted by Crippen LogP contribution is -1.99. The van der Waals surface area contributed by atoms with E-state index in [9.17, 15) is 4.39 Å². The zero-order valence-corrected chi connectivity index (χ0v) is 9.84. The Bertz CT molecular complexity index is 565. The second-order valence-electron chi connectivity index (χ2n) is 3.06. The Kier molecular flexibility index (Phi) is 3.31. The van der Waals surface area contributed by atoms with E-state index in [1.807, 2.05) is 0 Å². The van der Waals surface area contributed by atoms with Gasteiger partial charge in [0.25, 0.3) is 5.88 Å². The summed E-state index contributed by atoms with van der Waals surface area (Å²) in [7, 11) is 0. The molecule has 1 aromatic heterocycles. The molecule has 0 saturated heterocycles. The molecule has 7 heteroatoms. The van der Waals surface area contributed by atoms with Gasteiger partial charge in [0.2, 0.25) is 11.8 Å². The predicted molar refractivity (Wildman–Crippen MR) is 62.9 cm³/mol. The van der Waals surface area contributed by atoms with Gasteiger partial charge in [0.1, 0.15) is 5.75 Å². The van der Waals surface area contributed by atoms with Crippen molar-refractivity contribution in [3.63, 3.8) is 0 Å². The van der Waals surface area contributed by atoms with E-state index in [4.69, 9.17) is 33.7 Å². The molecule has 0 aliphatic carbocycles. The summed E-state index contributed by atoms with van der Waals surface area (Å²) in [5, 5.41) is 0.674. The van der Waals surface area contributed by atoms with Crippen LogP contribution in [0, 0.1) is 5.82 Å². The van der Waals surface area contributed by atoms with Crippen molar-refractivity contribution in [2.24, 2.45) is 0 Å². The van der Waals surface area contributed by atoms with Crippen LogP contribution in [0.4, 0.5) is 10.3 Å². The topological polar surface area (TPSA) is 61.0 Å². The molecule has 1 aromatic carbocycles. The van der Waals surface area contributed by atoms with E-state index in [1.54, 1.807) is 0 Å². The van der Waals surface area contributed by atoms with E-state index in [1.165, 1.54) is 18.2 Å². The zero-order chi connectivity index (χ0) is 12.4. The van der Waals surface area contributed by atoms with Crippen LogP contribution in [0.15, 0.2) is 24.4 Å². The molecule has 0 aliphatic rings. The maximum atomic E-state index is 13.3. The Morgan fingerprint density at radius 2 is 2.00 bits per heavy atom. The Labute approximate surface area is 106 Å². The second kappa shape index (κ2) is 4.73. The molecule has 0 atom stereocenters. The maximum Gasteiger partial charge on any atom is 0.260 e. The summed E-state index contributed by atoms with van der Waals surface area (Å²) < 4.78 is 18.4. The van der Waals surface area contributed by atoms with E-state index in [2.05, 4.69) is 9.97 Å². The third-order valence-corrected chi connectivity index (χ3v) is 2.58. The lowest BCUT2D eigenvalue weighted by molar-refractivity contribution is 0.421. The highest BCUT2D eigenvalue weighted by Gasteiger charge is 2.09. The molecule has 88 valence electrons. The molecule has 0 spiro atoms. The van der Waals surface area contributed by atoms with E-state index >= 15 is 0 Å². The van der Waals surface area contributed by atoms with Crippen molar-refractivity contribution in [2.45, 2.75) is 0 Å². The van der Waals surface area contributed by atoms with Crippen LogP contribution in [0.25, 0.3) is 0 Å². The van der Waals surface area contributed by atoms with Crippen LogP contribution in [0.3, 0.4) is 0 Å². The molecule has 2 aromatic rings. The molecule has 17 heavy (non-hydrogen) atoms. The fourth-order valence-corrected chi connectivity index (χ4v) is 1.38. The average Bonchev–Trinajstić information content (AvgIpc) is 2.29. The third-order valence-electron chi connectivity index (χ3n) is 1.84. The van der Waals surface area contributed by atoms with Gasteiger partial charge in [-0.3, -0.25) is 0 Å². The summed E-state index contributed by atoms with van der Waals surface area (Å²) in [6.07, 6.45) is 0.926. The molecule has 0 fully saturated rings. The fraction of sp³-hybridized carbons (Fsp3) is 0. The number of anilines is 1. The third kappa shape index (κ3) is 2.75. The summed E-state index contributed by atoms with van der Waals surface area (Å²) in [6, 6.07) is 4.51. The lowest BCUT2D eigenvalue weighted by Gasteiger charge is -2.06. The van der Waals surface area contributed by atoms with Crippen LogP contribution in [0.2, 0.25) is 10.0 Å². The highest BCUT2D eigenvalue weighted by molar-refractivity contribution is 6.42. The van der Waals surface area contributed by atoms with Crippen molar-refractivity contribution in [1.29, 1.82) is 0 Å². The Morgan fingerprint density at radius 3 is 2.71 bits per heavy atom. The number of halogens is 3. The van der Waals surface area contributed by atoms with Crippen molar-refractivity contribution in [3.8, 4) is 11.6 Å². The summed E-state index contributed by atoms with van der Waals surface area (Å²) in [4.78, 5) is 7.09. The normalized spacial score (nSPS) is 10.3. The first-order valence-electron chi connectivity index (χ1n) is 4.47. The first-order chi connectivity index (χ1) is 8.06. The summed E-state index contributed by atoms with van der Waals surface area (Å²) in [5.74, 6) is -0.765. The number of nitrogen functional groups attached to an aromatic ring is 1. The van der Waals surface area contributed by atoms with E-state index in [-0.39, 0.29) is 11.8 Å². The van der Waals surface area contributed by atoms with Crippen LogP contribution < -0.4 is 10.5 Å². The molecule has 0 bridgehead atoms. The van der Waals surface area contributed by atoms with Gasteiger partial charge < -0.3 is 10.5 Å². The number of ether oxygens (including phenoxy) is 1. The minimum absolute atomic E-state index is 0.0820. The Morgan fingerprint density at radius 1 is 1.24 bits per heavy atom. The summed E-state index contributed by atoms with van der Waals surface area (Å²) in [5.41, 5.74) is 5.32. The molecule has 2 N–H and O–H groups in total. The van der Waals surface area contributed by atoms with Gasteiger partial charge in [-0.25, -0.2) is 4.98 Å². The molecule has 0 aliphatic heterocycles. The summed E-state index contributed by atoms with van der Waals surface area (Å²) >= 11 is 11.5. The zero-order valence-electron chi connectivity index (χ0n) is 8.32. The van der Waals surface area contributed by atoms with Gasteiger partial charge in [-0.2, -0.15) is 9.37 Å². The van der Waals surface area contributed by atoms with Crippen molar-refractivity contribution in [3.05, 3.63) is 40.3 Å². The molecule has 0 radical (unpaired) electrons. The number of nitrogens with zero attached hydrogens (tertiary/aromatic N) is 2. The van der Waals surface area contributed by atoms with Crippen molar-refractivity contribution < 1.29 is 9.13 Å². The minimum atomic E-state index is -0.717. The summed E-state index contributed by atoms with van der Waals surface area (Å²) in [6.45, 7) is 0. The monoisotopic (exact) mass is 273 g/mol. The number of aromatic nitrogens is 2. The number of rotatable bonds is 2. The van der Waals surface area contributed by atoms with Crippen molar-refractivity contribution >= 4 is 29.2 Å². The van der Waals surface area contributed by atoms with E-state index < -0.39 is 5.82 Å². The quantitative estimate of drug-likeness (QED) is 0.912. The predicted octanol–water partition coefficient (Wildman–Crippen LogP) is 3.30. The average molecular weight is 274 g/mol. The highest BCUT2D eigenvalue weighted by atomic mass is 35.5. The Balaban J connectivity index is 2.31. The first-order valence-corrected chi connectivity index (χ1v) is 5.23. The molecule has 1 heterocycles. The van der Waals surface area contributed by atoms with Gasteiger partial charge in [0, 0.05) is 6.07 Å². The largest absolute Gasteiger partial charge is 0.436 e. The van der Waals surface area contributed by atoms with Crippen LogP contribution in [-0.4, -0.2) is 9.97 Å². The van der Waals surface area contributed by atoms with E-state index in [0.29, 0.717) is 15.8 Å². The number of hydrogen-bond acceptors (Lipinski definition) is 4. The van der Waals surface area contributed by atoms with Crippen LogP contribution in [0.5, 0.6) is 11.6 Å². The number of nitrogens with two attached hydrogens (primary N) is 1. The molecule has 0 amide bonds. The highest BCUT2D eigenvalue weighted by Crippen LogP contribution is 2.29. The van der Waals surface area contributed by atoms with Crippen molar-refractivity contribution in [1.82, 2.24) is 9.97 Å². The van der Waals surface area contributed by atoms with Crippen LogP contribution in [0.1, 0.15) is 0 Å². The van der Waals surface area contributed by atoms with Gasteiger partial charge in [-0.15, -0.1) is 0 Å². The maximum absolute atomic E-state index is 13.3. The van der Waals surface area contributed by atoms with Gasteiger partial charge in [0.15, 0.2) is 0 Å². The smallest absolute Gasteiger partial charge is 0.260 e. The van der Waals surface area contributed by atoms with Gasteiger partial charge in [0.05, 0.1) is 16.2 Å². The number of hydrogen-bond donors (Lipinski definition) is 1. The lowest BCUT2D eigenvalue weighted by atomic mass is 10.3. The minimum Gasteiger partial charge on any atom is -0.436 e. The van der Waals surface area contributed by atoms with E-state index in [0.717, 1.165) is 6.20 Å². The Hall–Kier alpha value is -1.59. The molecule has 2 rings (SSSR count). The molecule has 4 nitrogen and oxygen atoms in total. The van der Waals surface area contributed by atoms with Gasteiger partial charge in [-0.1, -0.05) is 23.2 Å². The van der Waals surface area contributed by atoms with Crippen LogP contribution >= 0.6 is 23.2 Å². The molecule has 0 saturated carbocycles. The molecule has 0 unspecified atom stereocenters.